The van der Waals surface area contributed by atoms with Crippen molar-refractivity contribution in [2.75, 3.05) is 5.32 Å². The van der Waals surface area contributed by atoms with E-state index in [1.807, 2.05) is 0 Å². The molecule has 2 aromatic rings. The first-order valence-electron chi connectivity index (χ1n) is 3.72. The molecule has 0 radical (unpaired) electrons. The summed E-state index contributed by atoms with van der Waals surface area (Å²) in [6.07, 6.45) is 1.52. The van der Waals surface area contributed by atoms with Gasteiger partial charge in [0.25, 0.3) is 0 Å². The maximum absolute atomic E-state index is 4.67. The van der Waals surface area contributed by atoms with Crippen molar-refractivity contribution in [2.24, 2.45) is 7.05 Å². The molecule has 0 aliphatic heterocycles. The molecule has 0 fully saturated rings. The third kappa shape index (κ3) is 1.63. The normalized spacial score (nSPS) is 10.2. The Labute approximate surface area is 73.7 Å². The zero-order valence-corrected chi connectivity index (χ0v) is 7.01. The highest BCUT2D eigenvalue weighted by molar-refractivity contribution is 5.22. The van der Waals surface area contributed by atoms with E-state index in [1.165, 1.54) is 6.26 Å². The summed E-state index contributed by atoms with van der Waals surface area (Å²) in [7, 11) is 1.76. The van der Waals surface area contributed by atoms with E-state index in [1.54, 1.807) is 17.8 Å². The summed E-state index contributed by atoms with van der Waals surface area (Å²) in [5.74, 6) is 0.600. The number of hydrogen-bond acceptors (Lipinski definition) is 6. The van der Waals surface area contributed by atoms with Crippen molar-refractivity contribution in [1.82, 2.24) is 25.4 Å². The molecule has 7 nitrogen and oxygen atoms in total. The second-order valence-corrected chi connectivity index (χ2v) is 2.47. The van der Waals surface area contributed by atoms with Crippen LogP contribution in [0.5, 0.6) is 0 Å². The monoisotopic (exact) mass is 180 g/mol. The van der Waals surface area contributed by atoms with E-state index in [2.05, 4.69) is 30.5 Å². The smallest absolute Gasteiger partial charge is 0.242 e. The Morgan fingerprint density at radius 3 is 3.15 bits per heavy atom. The lowest BCUT2D eigenvalue weighted by atomic mass is 10.4. The van der Waals surface area contributed by atoms with Crippen LogP contribution in [0.3, 0.4) is 0 Å². The number of anilines is 1. The molecule has 0 atom stereocenters. The minimum absolute atomic E-state index is 0.546. The summed E-state index contributed by atoms with van der Waals surface area (Å²) in [6.45, 7) is 0.546. The fourth-order valence-corrected chi connectivity index (χ4v) is 0.878. The fraction of sp³-hybridized carbons (Fsp3) is 0.333. The average Bonchev–Trinajstić information content (AvgIpc) is 2.72. The second kappa shape index (κ2) is 3.21. The first kappa shape index (κ1) is 7.71. The molecule has 2 heterocycles. The summed E-state index contributed by atoms with van der Waals surface area (Å²) >= 11 is 0. The van der Waals surface area contributed by atoms with Gasteiger partial charge in [-0.3, -0.25) is 0 Å². The lowest BCUT2D eigenvalue weighted by Gasteiger charge is -1.99. The first-order valence-corrected chi connectivity index (χ1v) is 3.72. The number of nitrogens with zero attached hydrogens (tertiary/aromatic N) is 5. The van der Waals surface area contributed by atoms with E-state index in [0.29, 0.717) is 12.5 Å². The van der Waals surface area contributed by atoms with Gasteiger partial charge in [-0.05, 0) is 10.4 Å². The topological polar surface area (TPSA) is 81.7 Å². The summed E-state index contributed by atoms with van der Waals surface area (Å²) in [4.78, 5) is 0. The van der Waals surface area contributed by atoms with Crippen LogP contribution in [0, 0.1) is 0 Å². The Bertz CT molecular complexity index is 366. The summed E-state index contributed by atoms with van der Waals surface area (Å²) < 4.78 is 6.21. The number of tetrazole rings is 1. The van der Waals surface area contributed by atoms with Crippen LogP contribution in [0.2, 0.25) is 0 Å². The molecule has 0 bridgehead atoms. The Hall–Kier alpha value is -1.92. The Morgan fingerprint density at radius 2 is 2.54 bits per heavy atom. The molecule has 0 saturated heterocycles. The van der Waals surface area contributed by atoms with Gasteiger partial charge in [-0.2, -0.15) is 0 Å². The van der Waals surface area contributed by atoms with E-state index in [-0.39, 0.29) is 0 Å². The predicted molar refractivity (Wildman–Crippen MR) is 42.6 cm³/mol. The molecule has 0 aliphatic rings. The van der Waals surface area contributed by atoms with Crippen LogP contribution >= 0.6 is 0 Å². The first-order chi connectivity index (χ1) is 6.36. The van der Waals surface area contributed by atoms with Gasteiger partial charge in [-0.25, -0.2) is 4.68 Å². The fourth-order valence-electron chi connectivity index (χ4n) is 0.878. The SMILES string of the molecule is Cn1nnnc1NCc1ccon1. The maximum Gasteiger partial charge on any atom is 0.242 e. The van der Waals surface area contributed by atoms with Crippen LogP contribution in [-0.2, 0) is 13.6 Å². The van der Waals surface area contributed by atoms with Gasteiger partial charge < -0.3 is 9.84 Å². The van der Waals surface area contributed by atoms with Crippen LogP contribution in [-0.4, -0.2) is 25.4 Å². The van der Waals surface area contributed by atoms with Gasteiger partial charge in [0.05, 0.1) is 6.54 Å². The molecule has 0 saturated carbocycles. The van der Waals surface area contributed by atoms with Gasteiger partial charge in [-0.1, -0.05) is 10.3 Å². The van der Waals surface area contributed by atoms with Gasteiger partial charge in [0, 0.05) is 13.1 Å². The van der Waals surface area contributed by atoms with E-state index >= 15 is 0 Å². The van der Waals surface area contributed by atoms with Gasteiger partial charge >= 0.3 is 0 Å². The predicted octanol–water partition coefficient (Wildman–Crippen LogP) is -0.190. The third-order valence-corrected chi connectivity index (χ3v) is 1.54. The van der Waals surface area contributed by atoms with Crippen molar-refractivity contribution < 1.29 is 4.52 Å². The minimum atomic E-state index is 0.546. The Morgan fingerprint density at radius 1 is 1.62 bits per heavy atom. The molecule has 2 rings (SSSR count). The molecular formula is C6H8N6O. The zero-order valence-electron chi connectivity index (χ0n) is 7.01. The molecule has 0 aromatic carbocycles. The molecule has 0 unspecified atom stereocenters. The van der Waals surface area contributed by atoms with Crippen LogP contribution in [0.25, 0.3) is 0 Å². The number of rotatable bonds is 3. The van der Waals surface area contributed by atoms with Crippen LogP contribution in [0.15, 0.2) is 16.9 Å². The van der Waals surface area contributed by atoms with Crippen molar-refractivity contribution in [1.29, 1.82) is 0 Å². The highest BCUT2D eigenvalue weighted by atomic mass is 16.5. The van der Waals surface area contributed by atoms with Gasteiger partial charge in [-0.15, -0.1) is 0 Å². The van der Waals surface area contributed by atoms with Gasteiger partial charge in [0.2, 0.25) is 5.95 Å². The van der Waals surface area contributed by atoms with Gasteiger partial charge in [0.15, 0.2) is 0 Å². The summed E-state index contributed by atoms with van der Waals surface area (Å²) in [6, 6.07) is 1.77. The molecule has 0 amide bonds. The maximum atomic E-state index is 4.67. The number of aryl methyl sites for hydroxylation is 1. The molecule has 0 aliphatic carbocycles. The molecule has 0 spiro atoms. The van der Waals surface area contributed by atoms with Crippen LogP contribution in [0.4, 0.5) is 5.95 Å². The summed E-state index contributed by atoms with van der Waals surface area (Å²) in [5.41, 5.74) is 0.808. The molecule has 1 N–H and O–H groups in total. The molecule has 7 heteroatoms. The van der Waals surface area contributed by atoms with E-state index in [0.717, 1.165) is 5.69 Å². The highest BCUT2D eigenvalue weighted by Gasteiger charge is 2.01. The van der Waals surface area contributed by atoms with Crippen LogP contribution in [0.1, 0.15) is 5.69 Å². The zero-order chi connectivity index (χ0) is 9.10. The van der Waals surface area contributed by atoms with E-state index < -0.39 is 0 Å². The van der Waals surface area contributed by atoms with Crippen molar-refractivity contribution in [3.63, 3.8) is 0 Å². The quantitative estimate of drug-likeness (QED) is 0.705. The van der Waals surface area contributed by atoms with Crippen molar-refractivity contribution >= 4 is 5.95 Å². The minimum Gasteiger partial charge on any atom is -0.364 e. The molecule has 13 heavy (non-hydrogen) atoms. The number of aromatic nitrogens is 5. The van der Waals surface area contributed by atoms with Crippen molar-refractivity contribution in [2.45, 2.75) is 6.54 Å². The lowest BCUT2D eigenvalue weighted by molar-refractivity contribution is 0.412. The Kier molecular flexibility index (Phi) is 1.91. The third-order valence-electron chi connectivity index (χ3n) is 1.54. The van der Waals surface area contributed by atoms with E-state index in [9.17, 15) is 0 Å². The summed E-state index contributed by atoms with van der Waals surface area (Å²) in [5, 5.41) is 17.6. The standard InChI is InChI=1S/C6H8N6O/c1-12-6(8-10-11-12)7-4-5-2-3-13-9-5/h2-3H,4H2,1H3,(H,7,8,11). The van der Waals surface area contributed by atoms with E-state index in [4.69, 9.17) is 0 Å². The number of nitrogens with one attached hydrogen (secondary N) is 1. The molecular weight excluding hydrogens is 172 g/mol. The number of hydrogen-bond donors (Lipinski definition) is 1. The molecule has 2 aromatic heterocycles. The van der Waals surface area contributed by atoms with Crippen LogP contribution < -0.4 is 5.32 Å². The average molecular weight is 180 g/mol. The second-order valence-electron chi connectivity index (χ2n) is 2.47. The Balaban J connectivity index is 1.97. The van der Waals surface area contributed by atoms with Crippen molar-refractivity contribution in [3.8, 4) is 0 Å². The lowest BCUT2D eigenvalue weighted by Crippen LogP contribution is -2.05. The molecule has 68 valence electrons. The largest absolute Gasteiger partial charge is 0.364 e. The highest BCUT2D eigenvalue weighted by Crippen LogP contribution is 2.00. The van der Waals surface area contributed by atoms with Gasteiger partial charge in [0.1, 0.15) is 12.0 Å². The van der Waals surface area contributed by atoms with Crippen molar-refractivity contribution in [3.05, 3.63) is 18.0 Å².